The third kappa shape index (κ3) is 10.9. The molecule has 0 aromatic carbocycles. The Bertz CT molecular complexity index is 494. The second kappa shape index (κ2) is 19.3. The first-order valence-electron chi connectivity index (χ1n) is 17.5. The molecule has 0 amide bonds. The Hall–Kier alpha value is 0.137. The topological polar surface area (TPSA) is 18.5 Å². The third-order valence-electron chi connectivity index (χ3n) is 10.6. The van der Waals surface area contributed by atoms with Crippen molar-refractivity contribution in [3.8, 4) is 0 Å². The second-order valence-electron chi connectivity index (χ2n) is 13.4. The molecule has 4 saturated carbocycles. The Morgan fingerprint density at radius 1 is 0.486 bits per heavy atom. The van der Waals surface area contributed by atoms with Crippen LogP contribution >= 0.6 is 0 Å². The lowest BCUT2D eigenvalue weighted by molar-refractivity contribution is 0.134. The fraction of sp³-hybridized carbons (Fsp3) is 1.00. The van der Waals surface area contributed by atoms with Crippen LogP contribution in [0.5, 0.6) is 0 Å². The maximum atomic E-state index is 6.50. The molecule has 37 heavy (non-hydrogen) atoms. The monoisotopic (exact) mass is 534 g/mol. The molecule has 0 spiro atoms. The molecule has 0 atom stereocenters. The van der Waals surface area contributed by atoms with Crippen molar-refractivity contribution in [3.63, 3.8) is 0 Å². The first-order valence-corrected chi connectivity index (χ1v) is 19.1. The normalized spacial score (nSPS) is 25.4. The van der Waals surface area contributed by atoms with E-state index in [4.69, 9.17) is 8.85 Å². The van der Waals surface area contributed by atoms with Gasteiger partial charge in [-0.3, -0.25) is 0 Å². The van der Waals surface area contributed by atoms with Gasteiger partial charge in [0.15, 0.2) is 0 Å². The summed E-state index contributed by atoms with van der Waals surface area (Å²) in [6.07, 6.45) is 37.8. The van der Waals surface area contributed by atoms with Crippen molar-refractivity contribution in [2.24, 2.45) is 17.8 Å². The van der Waals surface area contributed by atoms with Gasteiger partial charge in [0.25, 0.3) is 0 Å². The van der Waals surface area contributed by atoms with Crippen LogP contribution in [0.4, 0.5) is 0 Å². The molecule has 3 heteroatoms. The minimum absolute atomic E-state index is 0.436. The van der Waals surface area contributed by atoms with Crippen molar-refractivity contribution in [3.05, 3.63) is 0 Å². The van der Waals surface area contributed by atoms with Gasteiger partial charge in [0.2, 0.25) is 0 Å². The van der Waals surface area contributed by atoms with Crippen LogP contribution in [0, 0.1) is 17.8 Å². The SMILES string of the molecule is C1CCCC(C2CCCCCC2)CC1.CCCO[SiH](OCCC)C1(C2CCCCCC2)CCCCCC1. The van der Waals surface area contributed by atoms with Crippen molar-refractivity contribution in [1.82, 2.24) is 0 Å². The van der Waals surface area contributed by atoms with Gasteiger partial charge < -0.3 is 8.85 Å². The van der Waals surface area contributed by atoms with Crippen molar-refractivity contribution >= 4 is 9.28 Å². The van der Waals surface area contributed by atoms with E-state index < -0.39 is 9.28 Å². The van der Waals surface area contributed by atoms with E-state index in [1.807, 2.05) is 0 Å². The van der Waals surface area contributed by atoms with E-state index in [1.165, 1.54) is 128 Å². The van der Waals surface area contributed by atoms with Crippen LogP contribution in [0.15, 0.2) is 0 Å². The Kier molecular flexibility index (Phi) is 16.5. The Morgan fingerprint density at radius 3 is 1.22 bits per heavy atom. The number of hydrogen-bond acceptors (Lipinski definition) is 2. The van der Waals surface area contributed by atoms with Crippen LogP contribution in [0.3, 0.4) is 0 Å². The average Bonchev–Trinajstić information content (AvgIpc) is 3.53. The molecule has 0 bridgehead atoms. The zero-order valence-corrected chi connectivity index (χ0v) is 26.6. The van der Waals surface area contributed by atoms with Crippen LogP contribution in [0.2, 0.25) is 5.04 Å². The molecule has 0 unspecified atom stereocenters. The van der Waals surface area contributed by atoms with E-state index in [1.54, 1.807) is 25.7 Å². The number of hydrogen-bond donors (Lipinski definition) is 0. The lowest BCUT2D eigenvalue weighted by atomic mass is 9.80. The predicted octanol–water partition coefficient (Wildman–Crippen LogP) is 11.1. The summed E-state index contributed by atoms with van der Waals surface area (Å²) in [4.78, 5) is 0. The highest BCUT2D eigenvalue weighted by molar-refractivity contribution is 6.48. The lowest BCUT2D eigenvalue weighted by Gasteiger charge is -2.44. The summed E-state index contributed by atoms with van der Waals surface area (Å²) in [6.45, 7) is 6.29. The van der Waals surface area contributed by atoms with E-state index >= 15 is 0 Å². The van der Waals surface area contributed by atoms with Crippen molar-refractivity contribution in [1.29, 1.82) is 0 Å². The van der Waals surface area contributed by atoms with Gasteiger partial charge in [-0.25, -0.2) is 0 Å². The summed E-state index contributed by atoms with van der Waals surface area (Å²) in [5, 5.41) is 0.436. The highest BCUT2D eigenvalue weighted by Crippen LogP contribution is 2.55. The molecule has 0 aliphatic heterocycles. The quantitative estimate of drug-likeness (QED) is 0.216. The molecular formula is C34H66O2Si. The van der Waals surface area contributed by atoms with Crippen LogP contribution in [-0.2, 0) is 8.85 Å². The van der Waals surface area contributed by atoms with Crippen molar-refractivity contribution in [2.75, 3.05) is 13.2 Å². The summed E-state index contributed by atoms with van der Waals surface area (Å²) in [5.41, 5.74) is 0. The molecule has 0 radical (unpaired) electrons. The molecule has 0 saturated heterocycles. The summed E-state index contributed by atoms with van der Waals surface area (Å²) in [5.74, 6) is 3.12. The van der Waals surface area contributed by atoms with Gasteiger partial charge in [0.1, 0.15) is 0 Å². The third-order valence-corrected chi connectivity index (χ3v) is 13.6. The van der Waals surface area contributed by atoms with Crippen LogP contribution < -0.4 is 0 Å². The van der Waals surface area contributed by atoms with Gasteiger partial charge >= 0.3 is 9.28 Å². The van der Waals surface area contributed by atoms with E-state index in [9.17, 15) is 0 Å². The minimum Gasteiger partial charge on any atom is -0.396 e. The Morgan fingerprint density at radius 2 is 0.838 bits per heavy atom. The van der Waals surface area contributed by atoms with E-state index in [2.05, 4.69) is 13.8 Å². The van der Waals surface area contributed by atoms with E-state index in [0.717, 1.165) is 43.8 Å². The molecule has 218 valence electrons. The van der Waals surface area contributed by atoms with Gasteiger partial charge in [0.05, 0.1) is 0 Å². The molecule has 4 aliphatic carbocycles. The van der Waals surface area contributed by atoms with Gasteiger partial charge in [-0.2, -0.15) is 0 Å². The predicted molar refractivity (Wildman–Crippen MR) is 164 cm³/mol. The smallest absolute Gasteiger partial charge is 0.328 e. The van der Waals surface area contributed by atoms with Crippen molar-refractivity contribution < 1.29 is 8.85 Å². The van der Waals surface area contributed by atoms with Crippen molar-refractivity contribution in [2.45, 2.75) is 186 Å². The fourth-order valence-corrected chi connectivity index (χ4v) is 11.7. The Labute approximate surface area is 234 Å². The largest absolute Gasteiger partial charge is 0.396 e. The molecule has 4 rings (SSSR count). The highest BCUT2D eigenvalue weighted by Gasteiger charge is 2.48. The molecular weight excluding hydrogens is 468 g/mol. The van der Waals surface area contributed by atoms with Gasteiger partial charge in [-0.15, -0.1) is 0 Å². The zero-order valence-electron chi connectivity index (χ0n) is 25.4. The average molecular weight is 535 g/mol. The molecule has 0 aromatic rings. The number of rotatable bonds is 9. The molecule has 4 aliphatic rings. The van der Waals surface area contributed by atoms with Gasteiger partial charge in [-0.1, -0.05) is 155 Å². The summed E-state index contributed by atoms with van der Waals surface area (Å²) in [7, 11) is -1.61. The minimum atomic E-state index is -1.61. The van der Waals surface area contributed by atoms with Gasteiger partial charge in [0, 0.05) is 18.3 Å². The molecule has 0 heterocycles. The summed E-state index contributed by atoms with van der Waals surface area (Å²) in [6, 6.07) is 0. The second-order valence-corrected chi connectivity index (χ2v) is 15.9. The standard InChI is InChI=1S/C20H40O2Si.C14H26/c1-3-17-21-23(22-18-4-2)20(15-11-7-8-12-16-20)19-13-9-5-6-10-14-19;1-2-6-10-13(9-5-1)14-11-7-3-4-8-12-14/h19,23H,3-18H2,1-2H3;13-14H,1-12H2. The molecule has 4 fully saturated rings. The first kappa shape index (κ1) is 31.7. The van der Waals surface area contributed by atoms with Crippen LogP contribution in [0.25, 0.3) is 0 Å². The fourth-order valence-electron chi connectivity index (χ4n) is 8.47. The summed E-state index contributed by atoms with van der Waals surface area (Å²) >= 11 is 0. The van der Waals surface area contributed by atoms with Crippen LogP contribution in [-0.4, -0.2) is 22.5 Å². The lowest BCUT2D eigenvalue weighted by Crippen LogP contribution is -2.44. The zero-order chi connectivity index (χ0) is 26.0. The molecule has 2 nitrogen and oxygen atoms in total. The Balaban J connectivity index is 0.000000231. The maximum absolute atomic E-state index is 6.50. The van der Waals surface area contributed by atoms with E-state index in [-0.39, 0.29) is 0 Å². The van der Waals surface area contributed by atoms with Crippen LogP contribution in [0.1, 0.15) is 181 Å². The highest BCUT2D eigenvalue weighted by atomic mass is 28.3. The molecule has 0 N–H and O–H groups in total. The maximum Gasteiger partial charge on any atom is 0.328 e. The van der Waals surface area contributed by atoms with Gasteiger partial charge in [-0.05, 0) is 43.4 Å². The molecule has 0 aromatic heterocycles. The first-order chi connectivity index (χ1) is 18.3. The summed E-state index contributed by atoms with van der Waals surface area (Å²) < 4.78 is 13.0. The van der Waals surface area contributed by atoms with E-state index in [0.29, 0.717) is 5.04 Å².